The lowest BCUT2D eigenvalue weighted by Gasteiger charge is -2.30. The zero-order valence-electron chi connectivity index (χ0n) is 17.2. The average Bonchev–Trinajstić information content (AvgIpc) is 3.60. The molecule has 0 bridgehead atoms. The SMILES string of the molecule is O=C(Nc1nncs1)C1CCN(C(=O)c2nc(-c3cccs3)n(-c3cccc(F)c3)n2)CC1. The van der Waals surface area contributed by atoms with Crippen molar-refractivity contribution in [3.63, 3.8) is 0 Å². The number of amides is 2. The van der Waals surface area contributed by atoms with Gasteiger partial charge < -0.3 is 10.2 Å². The molecule has 1 aliphatic heterocycles. The van der Waals surface area contributed by atoms with Crippen molar-refractivity contribution < 1.29 is 14.0 Å². The van der Waals surface area contributed by atoms with Gasteiger partial charge in [0.2, 0.25) is 16.9 Å². The highest BCUT2D eigenvalue weighted by Gasteiger charge is 2.30. The molecule has 168 valence electrons. The van der Waals surface area contributed by atoms with Gasteiger partial charge in [0.1, 0.15) is 11.3 Å². The molecule has 4 aromatic rings. The van der Waals surface area contributed by atoms with E-state index in [9.17, 15) is 14.0 Å². The van der Waals surface area contributed by atoms with Crippen LogP contribution in [0.15, 0.2) is 47.3 Å². The van der Waals surface area contributed by atoms with Crippen LogP contribution >= 0.6 is 22.7 Å². The van der Waals surface area contributed by atoms with Gasteiger partial charge in [0.25, 0.3) is 5.91 Å². The number of carbonyl (C=O) groups excluding carboxylic acids is 2. The van der Waals surface area contributed by atoms with Crippen LogP contribution in [0, 0.1) is 11.7 Å². The molecule has 9 nitrogen and oxygen atoms in total. The van der Waals surface area contributed by atoms with Gasteiger partial charge in [-0.15, -0.1) is 26.6 Å². The first-order chi connectivity index (χ1) is 16.1. The first-order valence-electron chi connectivity index (χ1n) is 10.2. The van der Waals surface area contributed by atoms with Crippen LogP contribution in [0.5, 0.6) is 0 Å². The molecule has 0 spiro atoms. The summed E-state index contributed by atoms with van der Waals surface area (Å²) in [5.74, 6) is -0.526. The number of likely N-dealkylation sites (tertiary alicyclic amines) is 1. The number of piperidine rings is 1. The number of hydrogen-bond acceptors (Lipinski definition) is 8. The van der Waals surface area contributed by atoms with E-state index in [0.717, 1.165) is 4.88 Å². The number of aromatic nitrogens is 5. The van der Waals surface area contributed by atoms with Gasteiger partial charge in [-0.25, -0.2) is 14.1 Å². The Morgan fingerprint density at radius 2 is 1.97 bits per heavy atom. The summed E-state index contributed by atoms with van der Waals surface area (Å²) < 4.78 is 15.3. The molecule has 1 saturated heterocycles. The molecule has 3 aromatic heterocycles. The molecule has 4 heterocycles. The molecule has 1 aliphatic rings. The zero-order valence-corrected chi connectivity index (χ0v) is 18.9. The van der Waals surface area contributed by atoms with Crippen molar-refractivity contribution in [1.29, 1.82) is 0 Å². The molecule has 0 unspecified atom stereocenters. The summed E-state index contributed by atoms with van der Waals surface area (Å²) in [7, 11) is 0. The van der Waals surface area contributed by atoms with Crippen LogP contribution in [-0.2, 0) is 4.79 Å². The van der Waals surface area contributed by atoms with Crippen molar-refractivity contribution in [3.05, 3.63) is 58.9 Å². The lowest BCUT2D eigenvalue weighted by atomic mass is 9.96. The van der Waals surface area contributed by atoms with E-state index in [-0.39, 0.29) is 23.6 Å². The molecule has 5 rings (SSSR count). The summed E-state index contributed by atoms with van der Waals surface area (Å²) in [6.07, 6.45) is 1.05. The van der Waals surface area contributed by atoms with Crippen LogP contribution in [-0.4, -0.2) is 54.8 Å². The molecule has 1 aromatic carbocycles. The molecule has 33 heavy (non-hydrogen) atoms. The molecule has 0 atom stereocenters. The van der Waals surface area contributed by atoms with Gasteiger partial charge >= 0.3 is 0 Å². The lowest BCUT2D eigenvalue weighted by Crippen LogP contribution is -2.41. The van der Waals surface area contributed by atoms with E-state index in [1.54, 1.807) is 22.5 Å². The number of halogens is 1. The summed E-state index contributed by atoms with van der Waals surface area (Å²) in [5, 5.41) is 17.1. The van der Waals surface area contributed by atoms with Crippen molar-refractivity contribution in [2.75, 3.05) is 18.4 Å². The summed E-state index contributed by atoms with van der Waals surface area (Å²) in [6, 6.07) is 9.75. The number of rotatable bonds is 5. The Morgan fingerprint density at radius 1 is 1.12 bits per heavy atom. The fourth-order valence-electron chi connectivity index (χ4n) is 3.68. The lowest BCUT2D eigenvalue weighted by molar-refractivity contribution is -0.121. The highest BCUT2D eigenvalue weighted by Crippen LogP contribution is 2.27. The molecule has 0 radical (unpaired) electrons. The zero-order chi connectivity index (χ0) is 22.8. The van der Waals surface area contributed by atoms with Crippen molar-refractivity contribution in [2.45, 2.75) is 12.8 Å². The second kappa shape index (κ2) is 9.16. The Morgan fingerprint density at radius 3 is 2.67 bits per heavy atom. The van der Waals surface area contributed by atoms with Crippen molar-refractivity contribution >= 4 is 39.6 Å². The third-order valence-electron chi connectivity index (χ3n) is 5.34. The highest BCUT2D eigenvalue weighted by atomic mass is 32.1. The number of carbonyl (C=O) groups is 2. The first-order valence-corrected chi connectivity index (χ1v) is 12.0. The van der Waals surface area contributed by atoms with Crippen LogP contribution in [0.1, 0.15) is 23.5 Å². The predicted molar refractivity (Wildman–Crippen MR) is 122 cm³/mol. The van der Waals surface area contributed by atoms with Crippen LogP contribution in [0.2, 0.25) is 0 Å². The normalized spacial score (nSPS) is 14.4. The summed E-state index contributed by atoms with van der Waals surface area (Å²) in [6.45, 7) is 0.825. The smallest absolute Gasteiger partial charge is 0.293 e. The van der Waals surface area contributed by atoms with Gasteiger partial charge in [-0.2, -0.15) is 0 Å². The van der Waals surface area contributed by atoms with Crippen LogP contribution < -0.4 is 5.32 Å². The monoisotopic (exact) mass is 483 g/mol. The maximum atomic E-state index is 13.8. The van der Waals surface area contributed by atoms with Gasteiger partial charge in [0.05, 0.1) is 10.6 Å². The fraction of sp³-hybridized carbons (Fsp3) is 0.238. The molecular weight excluding hydrogens is 465 g/mol. The molecule has 2 amide bonds. The topological polar surface area (TPSA) is 106 Å². The van der Waals surface area contributed by atoms with Gasteiger partial charge in [-0.1, -0.05) is 23.5 Å². The third kappa shape index (κ3) is 4.52. The quantitative estimate of drug-likeness (QED) is 0.466. The number of benzene rings is 1. The average molecular weight is 484 g/mol. The Kier molecular flexibility index (Phi) is 5.92. The number of nitrogens with zero attached hydrogens (tertiary/aromatic N) is 6. The minimum atomic E-state index is -0.401. The van der Waals surface area contributed by atoms with E-state index in [4.69, 9.17) is 0 Å². The van der Waals surface area contributed by atoms with Gasteiger partial charge in [-0.05, 0) is 42.5 Å². The minimum absolute atomic E-state index is 0.0411. The van der Waals surface area contributed by atoms with Crippen LogP contribution in [0.4, 0.5) is 9.52 Å². The second-order valence-corrected chi connectivity index (χ2v) is 9.21. The van der Waals surface area contributed by atoms with Crippen molar-refractivity contribution in [3.8, 4) is 16.4 Å². The van der Waals surface area contributed by atoms with E-state index in [1.807, 2.05) is 17.5 Å². The molecular formula is C21H18FN7O2S2. The maximum absolute atomic E-state index is 13.8. The van der Waals surface area contributed by atoms with Crippen LogP contribution in [0.25, 0.3) is 16.4 Å². The Hall–Kier alpha value is -3.51. The van der Waals surface area contributed by atoms with Gasteiger partial charge in [0, 0.05) is 19.0 Å². The first kappa shape index (κ1) is 21.3. The van der Waals surface area contributed by atoms with E-state index in [1.165, 1.54) is 39.5 Å². The van der Waals surface area contributed by atoms with E-state index < -0.39 is 5.82 Å². The number of thiophene rings is 1. The van der Waals surface area contributed by atoms with Gasteiger partial charge in [0.15, 0.2) is 5.82 Å². The molecule has 1 N–H and O–H groups in total. The molecule has 1 fully saturated rings. The van der Waals surface area contributed by atoms with E-state index in [2.05, 4.69) is 25.6 Å². The molecule has 12 heteroatoms. The molecule has 0 aliphatic carbocycles. The van der Waals surface area contributed by atoms with Crippen LogP contribution in [0.3, 0.4) is 0 Å². The standard InChI is InChI=1S/C21H18FN7O2S2/c22-14-3-1-4-15(11-14)29-18(16-5-2-10-32-16)24-17(27-29)20(31)28-8-6-13(7-9-28)19(30)25-21-26-23-12-33-21/h1-5,10-13H,6-9H2,(H,25,26,30). The Balaban J connectivity index is 1.33. The summed E-state index contributed by atoms with van der Waals surface area (Å²) >= 11 is 2.72. The Labute approximate surface area is 195 Å². The number of hydrogen-bond donors (Lipinski definition) is 1. The maximum Gasteiger partial charge on any atom is 0.293 e. The number of anilines is 1. The van der Waals surface area contributed by atoms with Crippen molar-refractivity contribution in [1.82, 2.24) is 29.9 Å². The van der Waals surface area contributed by atoms with E-state index >= 15 is 0 Å². The van der Waals surface area contributed by atoms with Gasteiger partial charge in [-0.3, -0.25) is 9.59 Å². The highest BCUT2D eigenvalue weighted by molar-refractivity contribution is 7.13. The Bertz CT molecular complexity index is 1270. The van der Waals surface area contributed by atoms with E-state index in [0.29, 0.717) is 42.6 Å². The fourth-order valence-corrected chi connectivity index (χ4v) is 4.82. The largest absolute Gasteiger partial charge is 0.336 e. The molecule has 0 saturated carbocycles. The number of nitrogens with one attached hydrogen (secondary N) is 1. The minimum Gasteiger partial charge on any atom is -0.336 e. The third-order valence-corrected chi connectivity index (χ3v) is 6.81. The summed E-state index contributed by atoms with van der Waals surface area (Å²) in [5.41, 5.74) is 2.04. The predicted octanol–water partition coefficient (Wildman–Crippen LogP) is 3.48. The summed E-state index contributed by atoms with van der Waals surface area (Å²) in [4.78, 5) is 32.6. The second-order valence-electron chi connectivity index (χ2n) is 7.43. The van der Waals surface area contributed by atoms with Crippen molar-refractivity contribution in [2.24, 2.45) is 5.92 Å².